The number of halogens is 2. The molecular formula is C10H6BrFN2O2S. The summed E-state index contributed by atoms with van der Waals surface area (Å²) in [5.41, 5.74) is 1.98. The van der Waals surface area contributed by atoms with E-state index in [4.69, 9.17) is 5.11 Å². The molecule has 0 fully saturated rings. The minimum absolute atomic E-state index is 0.0459. The molecule has 88 valence electrons. The molecule has 2 rings (SSSR count). The third kappa shape index (κ3) is 2.62. The average molecular weight is 317 g/mol. The molecule has 7 heteroatoms. The van der Waals surface area contributed by atoms with Crippen LogP contribution in [0.1, 0.15) is 10.5 Å². The van der Waals surface area contributed by atoms with Gasteiger partial charge < -0.3 is 10.4 Å². The Morgan fingerprint density at radius 1 is 1.53 bits per heavy atom. The number of nitrogens with one attached hydrogen (secondary N) is 1. The van der Waals surface area contributed by atoms with Gasteiger partial charge in [-0.25, -0.2) is 14.2 Å². The molecular weight excluding hydrogens is 311 g/mol. The van der Waals surface area contributed by atoms with Gasteiger partial charge in [0.2, 0.25) is 0 Å². The third-order valence-electron chi connectivity index (χ3n) is 1.95. The molecule has 0 saturated heterocycles. The van der Waals surface area contributed by atoms with Crippen LogP contribution < -0.4 is 5.32 Å². The first-order valence-electron chi connectivity index (χ1n) is 4.47. The fourth-order valence-corrected chi connectivity index (χ4v) is 2.26. The summed E-state index contributed by atoms with van der Waals surface area (Å²) in [6, 6.07) is 4.33. The van der Waals surface area contributed by atoms with E-state index < -0.39 is 5.97 Å². The second-order valence-electron chi connectivity index (χ2n) is 3.09. The molecule has 0 amide bonds. The second-order valence-corrected chi connectivity index (χ2v) is 4.80. The van der Waals surface area contributed by atoms with E-state index in [0.29, 0.717) is 15.2 Å². The Bertz CT molecular complexity index is 573. The second kappa shape index (κ2) is 4.80. The van der Waals surface area contributed by atoms with Crippen LogP contribution in [0.15, 0.2) is 28.2 Å². The zero-order valence-corrected chi connectivity index (χ0v) is 10.7. The van der Waals surface area contributed by atoms with Crippen molar-refractivity contribution in [3.8, 4) is 0 Å². The van der Waals surface area contributed by atoms with E-state index in [-0.39, 0.29) is 11.5 Å². The van der Waals surface area contributed by atoms with Gasteiger partial charge in [0.05, 0.1) is 9.98 Å². The van der Waals surface area contributed by atoms with E-state index in [2.05, 4.69) is 26.2 Å². The summed E-state index contributed by atoms with van der Waals surface area (Å²) in [5, 5.41) is 12.2. The highest BCUT2D eigenvalue weighted by Gasteiger charge is 2.13. The summed E-state index contributed by atoms with van der Waals surface area (Å²) in [7, 11) is 0. The number of aromatic nitrogens is 1. The van der Waals surface area contributed by atoms with Crippen molar-refractivity contribution in [3.63, 3.8) is 0 Å². The van der Waals surface area contributed by atoms with Gasteiger partial charge in [-0.15, -0.1) is 11.3 Å². The molecule has 0 unspecified atom stereocenters. The molecule has 0 radical (unpaired) electrons. The van der Waals surface area contributed by atoms with Crippen LogP contribution in [-0.4, -0.2) is 16.1 Å². The van der Waals surface area contributed by atoms with Gasteiger partial charge in [-0.05, 0) is 34.1 Å². The molecule has 4 nitrogen and oxygen atoms in total. The molecule has 0 spiro atoms. The van der Waals surface area contributed by atoms with Gasteiger partial charge >= 0.3 is 5.97 Å². The molecule has 0 aliphatic carbocycles. The highest BCUT2D eigenvalue weighted by molar-refractivity contribution is 9.10. The third-order valence-corrected chi connectivity index (χ3v) is 3.30. The monoisotopic (exact) mass is 316 g/mol. The van der Waals surface area contributed by atoms with E-state index in [1.165, 1.54) is 35.0 Å². The van der Waals surface area contributed by atoms with Crippen LogP contribution in [0.3, 0.4) is 0 Å². The Kier molecular flexibility index (Phi) is 3.39. The van der Waals surface area contributed by atoms with Crippen LogP contribution in [0.2, 0.25) is 0 Å². The van der Waals surface area contributed by atoms with E-state index >= 15 is 0 Å². The Balaban J connectivity index is 2.28. The number of anilines is 2. The Labute approximate surface area is 108 Å². The number of hydrogen-bond donors (Lipinski definition) is 2. The minimum Gasteiger partial charge on any atom is -0.476 e. The lowest BCUT2D eigenvalue weighted by Gasteiger charge is -2.05. The van der Waals surface area contributed by atoms with Gasteiger partial charge in [0.15, 0.2) is 5.69 Å². The number of carbonyl (C=O) groups is 1. The molecule has 2 aromatic rings. The topological polar surface area (TPSA) is 62.2 Å². The van der Waals surface area contributed by atoms with Crippen LogP contribution in [-0.2, 0) is 0 Å². The zero-order valence-electron chi connectivity index (χ0n) is 8.28. The highest BCUT2D eigenvalue weighted by Crippen LogP contribution is 2.27. The number of carboxylic acid groups (broad SMARTS) is 1. The van der Waals surface area contributed by atoms with E-state index in [0.717, 1.165) is 0 Å². The smallest absolute Gasteiger partial charge is 0.357 e. The molecule has 0 saturated carbocycles. The Morgan fingerprint density at radius 3 is 2.94 bits per heavy atom. The summed E-state index contributed by atoms with van der Waals surface area (Å²) in [6.07, 6.45) is 0. The van der Waals surface area contributed by atoms with Crippen molar-refractivity contribution in [1.82, 2.24) is 4.98 Å². The average Bonchev–Trinajstić information content (AvgIpc) is 2.72. The van der Waals surface area contributed by atoms with Gasteiger partial charge in [0, 0.05) is 5.69 Å². The molecule has 0 bridgehead atoms. The van der Waals surface area contributed by atoms with Crippen molar-refractivity contribution in [1.29, 1.82) is 0 Å². The lowest BCUT2D eigenvalue weighted by atomic mass is 10.3. The lowest BCUT2D eigenvalue weighted by Crippen LogP contribution is -2.01. The molecule has 1 aromatic heterocycles. The fourth-order valence-electron chi connectivity index (χ4n) is 1.19. The number of hydrogen-bond acceptors (Lipinski definition) is 4. The largest absolute Gasteiger partial charge is 0.476 e. The first kappa shape index (κ1) is 12.0. The number of rotatable bonds is 3. The van der Waals surface area contributed by atoms with Crippen LogP contribution in [0.5, 0.6) is 0 Å². The summed E-state index contributed by atoms with van der Waals surface area (Å²) in [4.78, 5) is 14.6. The van der Waals surface area contributed by atoms with Crippen molar-refractivity contribution >= 4 is 43.9 Å². The van der Waals surface area contributed by atoms with Crippen molar-refractivity contribution in [2.24, 2.45) is 0 Å². The van der Waals surface area contributed by atoms with E-state index in [1.807, 2.05) is 0 Å². The normalized spacial score (nSPS) is 10.2. The zero-order chi connectivity index (χ0) is 12.4. The Morgan fingerprint density at radius 2 is 2.29 bits per heavy atom. The molecule has 1 aromatic carbocycles. The summed E-state index contributed by atoms with van der Waals surface area (Å²) >= 11 is 4.22. The van der Waals surface area contributed by atoms with Crippen LogP contribution in [0, 0.1) is 5.82 Å². The maximum Gasteiger partial charge on any atom is 0.357 e. The molecule has 17 heavy (non-hydrogen) atoms. The van der Waals surface area contributed by atoms with Crippen LogP contribution >= 0.6 is 27.3 Å². The van der Waals surface area contributed by atoms with Gasteiger partial charge in [0.1, 0.15) is 10.8 Å². The van der Waals surface area contributed by atoms with E-state index in [9.17, 15) is 9.18 Å². The number of benzene rings is 1. The quantitative estimate of drug-likeness (QED) is 0.910. The van der Waals surface area contributed by atoms with Crippen molar-refractivity contribution in [3.05, 3.63) is 39.7 Å². The molecule has 0 aliphatic rings. The first-order chi connectivity index (χ1) is 8.08. The summed E-state index contributed by atoms with van der Waals surface area (Å²) in [5.74, 6) is -1.48. The van der Waals surface area contributed by atoms with Crippen molar-refractivity contribution in [2.45, 2.75) is 0 Å². The van der Waals surface area contributed by atoms with Gasteiger partial charge in [-0.3, -0.25) is 0 Å². The number of thiazole rings is 1. The maximum atomic E-state index is 13.0. The standard InChI is InChI=1S/C10H6BrFN2O2S/c11-6-3-5(1-2-7(6)12)14-9-8(10(15)16)13-4-17-9/h1-4,14H,(H,15,16). The van der Waals surface area contributed by atoms with Crippen LogP contribution in [0.25, 0.3) is 0 Å². The lowest BCUT2D eigenvalue weighted by molar-refractivity contribution is 0.0692. The fraction of sp³-hybridized carbons (Fsp3) is 0. The van der Waals surface area contributed by atoms with E-state index in [1.54, 1.807) is 0 Å². The molecule has 0 atom stereocenters. The van der Waals surface area contributed by atoms with Gasteiger partial charge in [0.25, 0.3) is 0 Å². The van der Waals surface area contributed by atoms with Crippen molar-refractivity contribution < 1.29 is 14.3 Å². The van der Waals surface area contributed by atoms with Gasteiger partial charge in [-0.2, -0.15) is 0 Å². The number of aromatic carboxylic acids is 1. The maximum absolute atomic E-state index is 13.0. The molecule has 1 heterocycles. The Hall–Kier alpha value is -1.47. The molecule has 0 aliphatic heterocycles. The number of carboxylic acids is 1. The van der Waals surface area contributed by atoms with Crippen LogP contribution in [0.4, 0.5) is 15.1 Å². The predicted molar refractivity (Wildman–Crippen MR) is 66.5 cm³/mol. The summed E-state index contributed by atoms with van der Waals surface area (Å²) < 4.78 is 13.3. The minimum atomic E-state index is -1.10. The first-order valence-corrected chi connectivity index (χ1v) is 6.14. The van der Waals surface area contributed by atoms with Crippen molar-refractivity contribution in [2.75, 3.05) is 5.32 Å². The molecule has 2 N–H and O–H groups in total. The highest BCUT2D eigenvalue weighted by atomic mass is 79.9. The number of nitrogens with zero attached hydrogens (tertiary/aromatic N) is 1. The summed E-state index contributed by atoms with van der Waals surface area (Å²) in [6.45, 7) is 0. The predicted octanol–water partition coefficient (Wildman–Crippen LogP) is 3.49. The van der Waals surface area contributed by atoms with Gasteiger partial charge in [-0.1, -0.05) is 0 Å². The SMILES string of the molecule is O=C(O)c1ncsc1Nc1ccc(F)c(Br)c1.